The van der Waals surface area contributed by atoms with Crippen LogP contribution in [0.5, 0.6) is 0 Å². The van der Waals surface area contributed by atoms with Crippen molar-refractivity contribution >= 4 is 23.2 Å². The Hall–Kier alpha value is -1.14. The Morgan fingerprint density at radius 1 is 1.12 bits per heavy atom. The highest BCUT2D eigenvalue weighted by atomic mass is 35.5. The van der Waals surface area contributed by atoms with Crippen LogP contribution in [0.25, 0.3) is 0 Å². The molecule has 0 aromatic heterocycles. The van der Waals surface area contributed by atoms with Crippen LogP contribution in [-0.2, 0) is 14.3 Å². The predicted molar refractivity (Wildman–Crippen MR) is 94.5 cm³/mol. The van der Waals surface area contributed by atoms with E-state index in [0.717, 1.165) is 52.0 Å². The van der Waals surface area contributed by atoms with Crippen molar-refractivity contribution in [2.24, 2.45) is 0 Å². The van der Waals surface area contributed by atoms with Gasteiger partial charge >= 0.3 is 0 Å². The van der Waals surface area contributed by atoms with E-state index in [1.807, 2.05) is 18.2 Å². The Morgan fingerprint density at radius 2 is 1.75 bits per heavy atom. The molecule has 6 heteroatoms. The summed E-state index contributed by atoms with van der Waals surface area (Å²) in [6.07, 6.45) is 4.77. The van der Waals surface area contributed by atoms with E-state index in [1.54, 1.807) is 6.07 Å². The molecule has 132 valence electrons. The number of hydrogen-bond donors (Lipinski definition) is 1. The fraction of sp³-hybridized carbons (Fsp3) is 0.611. The van der Waals surface area contributed by atoms with Crippen molar-refractivity contribution in [1.29, 1.82) is 0 Å². The summed E-state index contributed by atoms with van der Waals surface area (Å²) in [7, 11) is 0. The van der Waals surface area contributed by atoms with Gasteiger partial charge in [0.2, 0.25) is 5.91 Å². The molecule has 1 aromatic carbocycles. The molecular weight excluding hydrogens is 328 g/mol. The van der Waals surface area contributed by atoms with Gasteiger partial charge in [0.25, 0.3) is 0 Å². The van der Waals surface area contributed by atoms with Crippen LogP contribution in [0, 0.1) is 0 Å². The third-order valence-electron chi connectivity index (χ3n) is 4.49. The smallest absolute Gasteiger partial charge is 0.238 e. The summed E-state index contributed by atoms with van der Waals surface area (Å²) in [5, 5.41) is 3.45. The van der Waals surface area contributed by atoms with Gasteiger partial charge in [-0.2, -0.15) is 0 Å². The Kier molecular flexibility index (Phi) is 6.49. The number of hydrogen-bond acceptors (Lipinski definition) is 4. The first-order valence-electron chi connectivity index (χ1n) is 8.70. The van der Waals surface area contributed by atoms with Gasteiger partial charge in [0, 0.05) is 26.3 Å². The topological polar surface area (TPSA) is 50.8 Å². The van der Waals surface area contributed by atoms with Crippen LogP contribution in [0.2, 0.25) is 5.02 Å². The number of rotatable bonds is 7. The van der Waals surface area contributed by atoms with Crippen LogP contribution >= 0.6 is 11.6 Å². The summed E-state index contributed by atoms with van der Waals surface area (Å²) in [6, 6.07) is 7.29. The monoisotopic (exact) mass is 352 g/mol. The van der Waals surface area contributed by atoms with Gasteiger partial charge in [0.05, 0.1) is 29.5 Å². The number of nitrogens with one attached hydrogen (secondary N) is 1. The molecule has 2 heterocycles. The SMILES string of the molecule is O=C(CN(C[C@H]1CCCO1)C[C@@H]1CCCO1)Nc1ccccc1Cl. The summed E-state index contributed by atoms with van der Waals surface area (Å²) in [4.78, 5) is 14.6. The Morgan fingerprint density at radius 3 is 2.29 bits per heavy atom. The minimum Gasteiger partial charge on any atom is -0.377 e. The lowest BCUT2D eigenvalue weighted by Crippen LogP contribution is -2.42. The van der Waals surface area contributed by atoms with Gasteiger partial charge in [-0.15, -0.1) is 0 Å². The molecule has 0 radical (unpaired) electrons. The van der Waals surface area contributed by atoms with Gasteiger partial charge in [-0.1, -0.05) is 23.7 Å². The summed E-state index contributed by atoms with van der Waals surface area (Å²) >= 11 is 6.11. The van der Waals surface area contributed by atoms with Crippen LogP contribution in [-0.4, -0.2) is 55.9 Å². The van der Waals surface area contributed by atoms with Crippen LogP contribution in [0.1, 0.15) is 25.7 Å². The Labute approximate surface area is 148 Å². The first-order valence-corrected chi connectivity index (χ1v) is 9.08. The highest BCUT2D eigenvalue weighted by molar-refractivity contribution is 6.33. The van der Waals surface area contributed by atoms with Crippen LogP contribution in [0.3, 0.4) is 0 Å². The molecule has 2 saturated heterocycles. The van der Waals surface area contributed by atoms with Crippen molar-refractivity contribution in [3.8, 4) is 0 Å². The number of benzene rings is 1. The van der Waals surface area contributed by atoms with Crippen LogP contribution in [0.15, 0.2) is 24.3 Å². The minimum atomic E-state index is -0.0564. The molecular formula is C18H25ClN2O3. The summed E-state index contributed by atoms with van der Waals surface area (Å²) in [6.45, 7) is 3.52. The molecule has 3 rings (SSSR count). The molecule has 1 amide bonds. The zero-order valence-corrected chi connectivity index (χ0v) is 14.6. The average molecular weight is 353 g/mol. The number of carbonyl (C=O) groups excluding carboxylic acids is 1. The maximum atomic E-state index is 12.4. The minimum absolute atomic E-state index is 0.0564. The van der Waals surface area contributed by atoms with Crippen molar-refractivity contribution in [1.82, 2.24) is 4.90 Å². The van der Waals surface area contributed by atoms with Gasteiger partial charge in [-0.05, 0) is 37.8 Å². The molecule has 2 aliphatic heterocycles. The van der Waals surface area contributed by atoms with Crippen LogP contribution in [0.4, 0.5) is 5.69 Å². The molecule has 0 aliphatic carbocycles. The normalized spacial score (nSPS) is 23.8. The van der Waals surface area contributed by atoms with E-state index >= 15 is 0 Å². The lowest BCUT2D eigenvalue weighted by Gasteiger charge is -2.27. The first kappa shape index (κ1) is 17.7. The standard InChI is InChI=1S/C18H25ClN2O3/c19-16-7-1-2-8-17(16)20-18(22)13-21(11-14-5-3-9-23-14)12-15-6-4-10-24-15/h1-2,7-8,14-15H,3-6,9-13H2,(H,20,22)/t14-,15+. The Balaban J connectivity index is 1.56. The van der Waals surface area contributed by atoms with Gasteiger partial charge in [-0.25, -0.2) is 0 Å². The fourth-order valence-electron chi connectivity index (χ4n) is 3.31. The van der Waals surface area contributed by atoms with Crippen molar-refractivity contribution in [2.45, 2.75) is 37.9 Å². The molecule has 24 heavy (non-hydrogen) atoms. The van der Waals surface area contributed by atoms with Crippen molar-refractivity contribution in [3.05, 3.63) is 29.3 Å². The van der Waals surface area contributed by atoms with Gasteiger partial charge in [-0.3, -0.25) is 9.69 Å². The Bertz CT molecular complexity index is 525. The number of anilines is 1. The van der Waals surface area contributed by atoms with E-state index in [-0.39, 0.29) is 18.1 Å². The van der Waals surface area contributed by atoms with E-state index in [0.29, 0.717) is 17.3 Å². The number of ether oxygens (including phenoxy) is 2. The largest absolute Gasteiger partial charge is 0.377 e. The molecule has 0 bridgehead atoms. The summed E-state index contributed by atoms with van der Waals surface area (Å²) in [5.41, 5.74) is 0.651. The van der Waals surface area contributed by atoms with Crippen LogP contribution < -0.4 is 5.32 Å². The molecule has 0 saturated carbocycles. The number of para-hydroxylation sites is 1. The lowest BCUT2D eigenvalue weighted by atomic mass is 10.2. The van der Waals surface area contributed by atoms with E-state index in [9.17, 15) is 4.79 Å². The van der Waals surface area contributed by atoms with Crippen molar-refractivity contribution < 1.29 is 14.3 Å². The molecule has 2 fully saturated rings. The average Bonchev–Trinajstić information content (AvgIpc) is 3.23. The summed E-state index contributed by atoms with van der Waals surface area (Å²) < 4.78 is 11.5. The predicted octanol–water partition coefficient (Wildman–Crippen LogP) is 2.94. The quantitative estimate of drug-likeness (QED) is 0.819. The zero-order valence-electron chi connectivity index (χ0n) is 13.9. The highest BCUT2D eigenvalue weighted by Crippen LogP contribution is 2.21. The number of nitrogens with zero attached hydrogens (tertiary/aromatic N) is 1. The maximum absolute atomic E-state index is 12.4. The molecule has 2 atom stereocenters. The second-order valence-corrected chi connectivity index (χ2v) is 6.90. The number of halogens is 1. The second-order valence-electron chi connectivity index (χ2n) is 6.49. The van der Waals surface area contributed by atoms with E-state index in [4.69, 9.17) is 21.1 Å². The number of carbonyl (C=O) groups is 1. The zero-order chi connectivity index (χ0) is 16.8. The van der Waals surface area contributed by atoms with Gasteiger partial charge in [0.15, 0.2) is 0 Å². The van der Waals surface area contributed by atoms with E-state index in [2.05, 4.69) is 10.2 Å². The number of amides is 1. The first-order chi connectivity index (χ1) is 11.7. The summed E-state index contributed by atoms with van der Waals surface area (Å²) in [5.74, 6) is -0.0564. The maximum Gasteiger partial charge on any atom is 0.238 e. The third-order valence-corrected chi connectivity index (χ3v) is 4.82. The molecule has 1 N–H and O–H groups in total. The third kappa shape index (κ3) is 5.18. The van der Waals surface area contributed by atoms with Crippen molar-refractivity contribution in [2.75, 3.05) is 38.2 Å². The van der Waals surface area contributed by atoms with Gasteiger partial charge < -0.3 is 14.8 Å². The fourth-order valence-corrected chi connectivity index (χ4v) is 3.49. The van der Waals surface area contributed by atoms with Gasteiger partial charge in [0.1, 0.15) is 0 Å². The molecule has 5 nitrogen and oxygen atoms in total. The molecule has 2 aliphatic rings. The lowest BCUT2D eigenvalue weighted by molar-refractivity contribution is -0.118. The van der Waals surface area contributed by atoms with E-state index < -0.39 is 0 Å². The van der Waals surface area contributed by atoms with E-state index in [1.165, 1.54) is 0 Å². The molecule has 1 aromatic rings. The van der Waals surface area contributed by atoms with Crippen molar-refractivity contribution in [3.63, 3.8) is 0 Å². The highest BCUT2D eigenvalue weighted by Gasteiger charge is 2.25. The molecule has 0 spiro atoms. The second kappa shape index (κ2) is 8.81. The molecule has 0 unspecified atom stereocenters.